The lowest BCUT2D eigenvalue weighted by atomic mass is 9.91. The van der Waals surface area contributed by atoms with Crippen LogP contribution in [0.2, 0.25) is 0 Å². The van der Waals surface area contributed by atoms with Gasteiger partial charge in [0, 0.05) is 24.6 Å². The molecule has 1 aromatic rings. The van der Waals surface area contributed by atoms with Gasteiger partial charge >= 0.3 is 0 Å². The fraction of sp³-hybridized carbons (Fsp3) is 0.727. The molecular formula is C11H18N4. The lowest BCUT2D eigenvalue weighted by Gasteiger charge is -2.28. The van der Waals surface area contributed by atoms with E-state index in [9.17, 15) is 0 Å². The van der Waals surface area contributed by atoms with Crippen LogP contribution < -0.4 is 5.32 Å². The van der Waals surface area contributed by atoms with Gasteiger partial charge in [0.2, 0.25) is 0 Å². The molecule has 0 radical (unpaired) electrons. The zero-order chi connectivity index (χ0) is 10.3. The van der Waals surface area contributed by atoms with E-state index in [-0.39, 0.29) is 0 Å². The van der Waals surface area contributed by atoms with E-state index in [1.54, 1.807) is 0 Å². The smallest absolute Gasteiger partial charge is 0.0702 e. The molecule has 4 heteroatoms. The maximum absolute atomic E-state index is 4.50. The van der Waals surface area contributed by atoms with Crippen LogP contribution in [-0.2, 0) is 13.1 Å². The molecule has 2 aliphatic rings. The Labute approximate surface area is 90.0 Å². The first kappa shape index (κ1) is 9.36. The highest BCUT2D eigenvalue weighted by atomic mass is 15.2. The number of hydrogen-bond acceptors (Lipinski definition) is 3. The molecule has 3 heterocycles. The Bertz CT molecular complexity index is 349. The first-order valence-electron chi connectivity index (χ1n) is 5.80. The molecule has 0 aromatic carbocycles. The minimum Gasteiger partial charge on any atom is -0.307 e. The normalized spacial score (nSPS) is 23.3. The Hall–Kier alpha value is -0.870. The molecule has 82 valence electrons. The van der Waals surface area contributed by atoms with Gasteiger partial charge in [0.05, 0.1) is 11.4 Å². The molecule has 0 unspecified atom stereocenters. The molecule has 0 aliphatic carbocycles. The van der Waals surface area contributed by atoms with Gasteiger partial charge in [-0.3, -0.25) is 5.10 Å². The zero-order valence-corrected chi connectivity index (χ0v) is 9.21. The van der Waals surface area contributed by atoms with Crippen molar-refractivity contribution in [3.05, 3.63) is 17.0 Å². The SMILES string of the molecule is CN1CCC(c2n[nH]c3c2CNC3)CC1. The molecule has 0 bridgehead atoms. The van der Waals surface area contributed by atoms with Crippen molar-refractivity contribution in [2.45, 2.75) is 31.8 Å². The van der Waals surface area contributed by atoms with Gasteiger partial charge in [-0.25, -0.2) is 0 Å². The molecule has 3 rings (SSSR count). The molecule has 1 fully saturated rings. The summed E-state index contributed by atoms with van der Waals surface area (Å²) < 4.78 is 0. The maximum Gasteiger partial charge on any atom is 0.0702 e. The number of nitrogens with one attached hydrogen (secondary N) is 2. The Morgan fingerprint density at radius 3 is 2.87 bits per heavy atom. The van der Waals surface area contributed by atoms with E-state index < -0.39 is 0 Å². The van der Waals surface area contributed by atoms with Crippen LogP contribution in [0.25, 0.3) is 0 Å². The number of piperidine rings is 1. The molecule has 15 heavy (non-hydrogen) atoms. The number of nitrogens with zero attached hydrogens (tertiary/aromatic N) is 2. The van der Waals surface area contributed by atoms with Crippen LogP contribution in [-0.4, -0.2) is 35.2 Å². The lowest BCUT2D eigenvalue weighted by molar-refractivity contribution is 0.253. The summed E-state index contributed by atoms with van der Waals surface area (Å²) in [5.74, 6) is 0.682. The van der Waals surface area contributed by atoms with Crippen LogP contribution in [0, 0.1) is 0 Å². The van der Waals surface area contributed by atoms with Crippen molar-refractivity contribution in [3.8, 4) is 0 Å². The van der Waals surface area contributed by atoms with Crippen LogP contribution >= 0.6 is 0 Å². The second-order valence-corrected chi connectivity index (χ2v) is 4.75. The Balaban J connectivity index is 1.81. The zero-order valence-electron chi connectivity index (χ0n) is 9.21. The third-order valence-electron chi connectivity index (χ3n) is 3.69. The lowest BCUT2D eigenvalue weighted by Crippen LogP contribution is -2.29. The average molecular weight is 206 g/mol. The minimum absolute atomic E-state index is 0.682. The van der Waals surface area contributed by atoms with Gasteiger partial charge in [-0.05, 0) is 33.0 Å². The predicted octanol–water partition coefficient (Wildman–Crippen LogP) is 0.822. The summed E-state index contributed by atoms with van der Waals surface area (Å²) in [6.45, 7) is 4.39. The van der Waals surface area contributed by atoms with Gasteiger partial charge in [-0.15, -0.1) is 0 Å². The van der Waals surface area contributed by atoms with Gasteiger partial charge in [0.1, 0.15) is 0 Å². The number of likely N-dealkylation sites (tertiary alicyclic amines) is 1. The van der Waals surface area contributed by atoms with Gasteiger partial charge in [-0.1, -0.05) is 0 Å². The summed E-state index contributed by atoms with van der Waals surface area (Å²) in [5, 5.41) is 11.0. The van der Waals surface area contributed by atoms with Crippen LogP contribution in [0.5, 0.6) is 0 Å². The molecule has 2 aliphatic heterocycles. The molecule has 1 aromatic heterocycles. The van der Waals surface area contributed by atoms with Gasteiger partial charge in [0.15, 0.2) is 0 Å². The van der Waals surface area contributed by atoms with E-state index in [0.717, 1.165) is 13.1 Å². The second-order valence-electron chi connectivity index (χ2n) is 4.75. The first-order valence-corrected chi connectivity index (χ1v) is 5.80. The summed E-state index contributed by atoms with van der Waals surface area (Å²) in [6, 6.07) is 0. The highest BCUT2D eigenvalue weighted by Crippen LogP contribution is 2.31. The molecule has 0 atom stereocenters. The first-order chi connectivity index (χ1) is 7.34. The van der Waals surface area contributed by atoms with Crippen molar-refractivity contribution in [2.75, 3.05) is 20.1 Å². The highest BCUT2D eigenvalue weighted by molar-refractivity contribution is 5.31. The van der Waals surface area contributed by atoms with E-state index in [1.807, 2.05) is 0 Å². The Morgan fingerprint density at radius 2 is 2.07 bits per heavy atom. The molecule has 4 nitrogen and oxygen atoms in total. The van der Waals surface area contributed by atoms with Crippen LogP contribution in [0.3, 0.4) is 0 Å². The number of aromatic amines is 1. The van der Waals surface area contributed by atoms with E-state index in [2.05, 4.69) is 27.5 Å². The average Bonchev–Trinajstić information content (AvgIpc) is 2.80. The predicted molar refractivity (Wildman–Crippen MR) is 58.6 cm³/mol. The molecule has 0 amide bonds. The summed E-state index contributed by atoms with van der Waals surface area (Å²) in [5.41, 5.74) is 4.09. The molecule has 0 spiro atoms. The monoisotopic (exact) mass is 206 g/mol. The van der Waals surface area contributed by atoms with E-state index in [4.69, 9.17) is 0 Å². The van der Waals surface area contributed by atoms with Crippen molar-refractivity contribution in [2.24, 2.45) is 0 Å². The number of fused-ring (bicyclic) bond motifs is 1. The molecule has 0 saturated carbocycles. The van der Waals surface area contributed by atoms with Crippen molar-refractivity contribution in [1.82, 2.24) is 20.4 Å². The van der Waals surface area contributed by atoms with Crippen molar-refractivity contribution in [3.63, 3.8) is 0 Å². The van der Waals surface area contributed by atoms with Crippen LogP contribution in [0.4, 0.5) is 0 Å². The molecular weight excluding hydrogens is 188 g/mol. The quantitative estimate of drug-likeness (QED) is 0.715. The third-order valence-corrected chi connectivity index (χ3v) is 3.69. The minimum atomic E-state index is 0.682. The Morgan fingerprint density at radius 1 is 1.27 bits per heavy atom. The van der Waals surface area contributed by atoms with Gasteiger partial charge in [0.25, 0.3) is 0 Å². The maximum atomic E-state index is 4.50. The number of hydrogen-bond donors (Lipinski definition) is 2. The number of H-pyrrole nitrogens is 1. The highest BCUT2D eigenvalue weighted by Gasteiger charge is 2.26. The van der Waals surface area contributed by atoms with E-state index in [0.29, 0.717) is 5.92 Å². The van der Waals surface area contributed by atoms with Crippen LogP contribution in [0.1, 0.15) is 35.7 Å². The molecule has 2 N–H and O–H groups in total. The fourth-order valence-electron chi connectivity index (χ4n) is 2.69. The molecule has 1 saturated heterocycles. The van der Waals surface area contributed by atoms with Crippen molar-refractivity contribution >= 4 is 0 Å². The van der Waals surface area contributed by atoms with Crippen molar-refractivity contribution in [1.29, 1.82) is 0 Å². The van der Waals surface area contributed by atoms with Gasteiger partial charge in [-0.2, -0.15) is 5.10 Å². The van der Waals surface area contributed by atoms with Crippen LogP contribution in [0.15, 0.2) is 0 Å². The standard InChI is InChI=1S/C11H18N4/c1-15-4-2-8(3-5-15)11-9-6-12-7-10(9)13-14-11/h8,12H,2-7H2,1H3,(H,13,14). The Kier molecular flexibility index (Phi) is 2.25. The summed E-state index contributed by atoms with van der Waals surface area (Å²) in [4.78, 5) is 2.40. The summed E-state index contributed by atoms with van der Waals surface area (Å²) in [6.07, 6.45) is 2.52. The topological polar surface area (TPSA) is 44.0 Å². The summed E-state index contributed by atoms with van der Waals surface area (Å²) >= 11 is 0. The van der Waals surface area contributed by atoms with Gasteiger partial charge < -0.3 is 10.2 Å². The summed E-state index contributed by atoms with van der Waals surface area (Å²) in [7, 11) is 2.20. The fourth-order valence-corrected chi connectivity index (χ4v) is 2.69. The van der Waals surface area contributed by atoms with Crippen molar-refractivity contribution < 1.29 is 0 Å². The number of rotatable bonds is 1. The largest absolute Gasteiger partial charge is 0.307 e. The van der Waals surface area contributed by atoms with E-state index in [1.165, 1.54) is 42.9 Å². The number of aromatic nitrogens is 2. The third kappa shape index (κ3) is 1.58. The van der Waals surface area contributed by atoms with E-state index >= 15 is 0 Å². The second kappa shape index (κ2) is 3.61.